The van der Waals surface area contributed by atoms with Crippen LogP contribution in [0.2, 0.25) is 10.0 Å². The van der Waals surface area contributed by atoms with Crippen LogP contribution in [0.5, 0.6) is 0 Å². The Labute approximate surface area is 120 Å². The fourth-order valence-corrected chi connectivity index (χ4v) is 2.23. The molecule has 2 nitrogen and oxygen atoms in total. The summed E-state index contributed by atoms with van der Waals surface area (Å²) in [6.07, 6.45) is 0. The summed E-state index contributed by atoms with van der Waals surface area (Å²) in [4.78, 5) is 0. The maximum absolute atomic E-state index is 13.1. The van der Waals surface area contributed by atoms with E-state index in [0.717, 1.165) is 0 Å². The molecule has 0 aliphatic heterocycles. The molecule has 0 fully saturated rings. The van der Waals surface area contributed by atoms with Crippen LogP contribution in [0.3, 0.4) is 0 Å². The number of rotatable bonds is 4. The maximum atomic E-state index is 13.1. The van der Waals surface area contributed by atoms with E-state index in [1.54, 1.807) is 30.3 Å². The Morgan fingerprint density at radius 3 is 2.58 bits per heavy atom. The van der Waals surface area contributed by atoms with E-state index in [1.165, 1.54) is 12.1 Å². The van der Waals surface area contributed by atoms with Crippen molar-refractivity contribution < 1.29 is 9.50 Å². The van der Waals surface area contributed by atoms with Crippen LogP contribution in [0.4, 0.5) is 10.1 Å². The lowest BCUT2D eigenvalue weighted by Gasteiger charge is -2.19. The van der Waals surface area contributed by atoms with Gasteiger partial charge in [-0.2, -0.15) is 0 Å². The van der Waals surface area contributed by atoms with Crippen LogP contribution in [0.25, 0.3) is 0 Å². The SMILES string of the molecule is OCC(Nc1cccc(F)c1)c1cccc(Cl)c1Cl. The van der Waals surface area contributed by atoms with Crippen LogP contribution in [-0.2, 0) is 0 Å². The van der Waals surface area contributed by atoms with Gasteiger partial charge in [0.1, 0.15) is 5.82 Å². The summed E-state index contributed by atoms with van der Waals surface area (Å²) in [6, 6.07) is 10.7. The van der Waals surface area contributed by atoms with Gasteiger partial charge in [0.05, 0.1) is 22.7 Å². The monoisotopic (exact) mass is 299 g/mol. The standard InChI is InChI=1S/C14H12Cl2FNO/c15-12-6-2-5-11(14(12)16)13(8-19)18-10-4-1-3-9(17)7-10/h1-7,13,18-19H,8H2. The average Bonchev–Trinajstić information content (AvgIpc) is 2.40. The predicted molar refractivity (Wildman–Crippen MR) is 76.3 cm³/mol. The molecule has 5 heteroatoms. The number of hydrogen-bond acceptors (Lipinski definition) is 2. The van der Waals surface area contributed by atoms with Crippen LogP contribution in [0.1, 0.15) is 11.6 Å². The number of aliphatic hydroxyl groups excluding tert-OH is 1. The van der Waals surface area contributed by atoms with E-state index < -0.39 is 6.04 Å². The van der Waals surface area contributed by atoms with E-state index in [-0.39, 0.29) is 12.4 Å². The summed E-state index contributed by atoms with van der Waals surface area (Å²) in [5, 5.41) is 13.3. The van der Waals surface area contributed by atoms with Gasteiger partial charge in [0.15, 0.2) is 0 Å². The quantitative estimate of drug-likeness (QED) is 0.883. The molecular formula is C14H12Cl2FNO. The molecule has 2 aromatic rings. The van der Waals surface area contributed by atoms with Gasteiger partial charge in [-0.05, 0) is 29.8 Å². The Morgan fingerprint density at radius 2 is 1.89 bits per heavy atom. The Balaban J connectivity index is 2.28. The smallest absolute Gasteiger partial charge is 0.125 e. The molecule has 0 aromatic heterocycles. The number of anilines is 1. The molecule has 2 N–H and O–H groups in total. The second kappa shape index (κ2) is 6.24. The van der Waals surface area contributed by atoms with E-state index in [9.17, 15) is 9.50 Å². The third-order valence-corrected chi connectivity index (χ3v) is 3.54. The first-order valence-electron chi connectivity index (χ1n) is 5.68. The van der Waals surface area contributed by atoms with Crippen molar-refractivity contribution in [2.24, 2.45) is 0 Å². The van der Waals surface area contributed by atoms with Crippen LogP contribution in [-0.4, -0.2) is 11.7 Å². The molecule has 100 valence electrons. The van der Waals surface area contributed by atoms with Gasteiger partial charge in [0, 0.05) is 5.69 Å². The van der Waals surface area contributed by atoms with E-state index in [4.69, 9.17) is 23.2 Å². The van der Waals surface area contributed by atoms with Crippen molar-refractivity contribution in [3.05, 3.63) is 63.9 Å². The largest absolute Gasteiger partial charge is 0.394 e. The highest BCUT2D eigenvalue weighted by atomic mass is 35.5. The molecule has 0 bridgehead atoms. The van der Waals surface area contributed by atoms with Crippen LogP contribution < -0.4 is 5.32 Å². The fourth-order valence-electron chi connectivity index (χ4n) is 1.79. The average molecular weight is 300 g/mol. The van der Waals surface area contributed by atoms with Gasteiger partial charge in [-0.15, -0.1) is 0 Å². The normalized spacial score (nSPS) is 12.2. The zero-order valence-electron chi connectivity index (χ0n) is 9.91. The molecule has 0 saturated carbocycles. The lowest BCUT2D eigenvalue weighted by Crippen LogP contribution is -2.15. The van der Waals surface area contributed by atoms with Crippen molar-refractivity contribution in [2.75, 3.05) is 11.9 Å². The minimum Gasteiger partial charge on any atom is -0.394 e. The number of hydrogen-bond donors (Lipinski definition) is 2. The highest BCUT2D eigenvalue weighted by Crippen LogP contribution is 2.31. The minimum absolute atomic E-state index is 0.184. The third-order valence-electron chi connectivity index (χ3n) is 2.70. The van der Waals surface area contributed by atoms with E-state index in [1.807, 2.05) is 0 Å². The summed E-state index contributed by atoms with van der Waals surface area (Å²) in [7, 11) is 0. The molecule has 0 heterocycles. The third kappa shape index (κ3) is 3.38. The zero-order chi connectivity index (χ0) is 13.8. The minimum atomic E-state index is -0.451. The Hall–Kier alpha value is -1.29. The van der Waals surface area contributed by atoms with Gasteiger partial charge in [0.2, 0.25) is 0 Å². The molecule has 0 spiro atoms. The van der Waals surface area contributed by atoms with Gasteiger partial charge in [-0.25, -0.2) is 4.39 Å². The lowest BCUT2D eigenvalue weighted by atomic mass is 10.1. The summed E-state index contributed by atoms with van der Waals surface area (Å²) < 4.78 is 13.1. The van der Waals surface area contributed by atoms with Crippen molar-refractivity contribution in [1.29, 1.82) is 0 Å². The van der Waals surface area contributed by atoms with Crippen molar-refractivity contribution >= 4 is 28.9 Å². The van der Waals surface area contributed by atoms with Crippen molar-refractivity contribution in [3.63, 3.8) is 0 Å². The second-order valence-electron chi connectivity index (χ2n) is 4.03. The van der Waals surface area contributed by atoms with Gasteiger partial charge < -0.3 is 10.4 Å². The lowest BCUT2D eigenvalue weighted by molar-refractivity contribution is 0.276. The molecule has 0 amide bonds. The molecule has 0 aliphatic rings. The number of nitrogens with one attached hydrogen (secondary N) is 1. The van der Waals surface area contributed by atoms with Crippen LogP contribution in [0.15, 0.2) is 42.5 Å². The van der Waals surface area contributed by atoms with Gasteiger partial charge in [0.25, 0.3) is 0 Å². The van der Waals surface area contributed by atoms with Crippen molar-refractivity contribution in [3.8, 4) is 0 Å². The number of halogens is 3. The molecule has 1 unspecified atom stereocenters. The summed E-state index contributed by atoms with van der Waals surface area (Å²) in [6.45, 7) is -0.184. The molecule has 0 radical (unpaired) electrons. The maximum Gasteiger partial charge on any atom is 0.125 e. The predicted octanol–water partition coefficient (Wildman–Crippen LogP) is 4.28. The summed E-state index contributed by atoms with van der Waals surface area (Å²) in [5.41, 5.74) is 1.23. The molecular weight excluding hydrogens is 288 g/mol. The first kappa shape index (κ1) is 14.1. The Morgan fingerprint density at radius 1 is 1.16 bits per heavy atom. The first-order valence-corrected chi connectivity index (χ1v) is 6.44. The molecule has 2 rings (SSSR count). The van der Waals surface area contributed by atoms with Crippen LogP contribution in [0, 0.1) is 5.82 Å². The van der Waals surface area contributed by atoms with Gasteiger partial charge >= 0.3 is 0 Å². The summed E-state index contributed by atoms with van der Waals surface area (Å²) >= 11 is 12.0. The fraction of sp³-hybridized carbons (Fsp3) is 0.143. The van der Waals surface area contributed by atoms with Crippen molar-refractivity contribution in [1.82, 2.24) is 0 Å². The highest BCUT2D eigenvalue weighted by molar-refractivity contribution is 6.42. The van der Waals surface area contributed by atoms with Gasteiger partial charge in [-0.1, -0.05) is 41.4 Å². The topological polar surface area (TPSA) is 32.3 Å². The molecule has 2 aromatic carbocycles. The molecule has 0 saturated heterocycles. The Kier molecular flexibility index (Phi) is 4.64. The highest BCUT2D eigenvalue weighted by Gasteiger charge is 2.15. The van der Waals surface area contributed by atoms with Gasteiger partial charge in [-0.3, -0.25) is 0 Å². The Bertz CT molecular complexity index is 577. The first-order chi connectivity index (χ1) is 9.11. The number of benzene rings is 2. The zero-order valence-corrected chi connectivity index (χ0v) is 11.4. The van der Waals surface area contributed by atoms with Crippen LogP contribution >= 0.6 is 23.2 Å². The van der Waals surface area contributed by atoms with E-state index in [2.05, 4.69) is 5.32 Å². The molecule has 0 aliphatic carbocycles. The number of aliphatic hydroxyl groups is 1. The molecule has 1 atom stereocenters. The van der Waals surface area contributed by atoms with E-state index >= 15 is 0 Å². The molecule has 19 heavy (non-hydrogen) atoms. The summed E-state index contributed by atoms with van der Waals surface area (Å²) in [5.74, 6) is -0.348. The van der Waals surface area contributed by atoms with Crippen molar-refractivity contribution in [2.45, 2.75) is 6.04 Å². The van der Waals surface area contributed by atoms with E-state index in [0.29, 0.717) is 21.3 Å². The second-order valence-corrected chi connectivity index (χ2v) is 4.82.